The fourth-order valence-corrected chi connectivity index (χ4v) is 4.57. The average molecular weight is 509 g/mol. The summed E-state index contributed by atoms with van der Waals surface area (Å²) in [5.41, 5.74) is 6.14. The fourth-order valence-electron chi connectivity index (χ4n) is 4.06. The van der Waals surface area contributed by atoms with Crippen molar-refractivity contribution in [3.8, 4) is 22.5 Å². The molecule has 1 aromatic heterocycles. The average Bonchev–Trinajstić information content (AvgIpc) is 2.92. The van der Waals surface area contributed by atoms with E-state index in [0.29, 0.717) is 29.6 Å². The summed E-state index contributed by atoms with van der Waals surface area (Å²) in [6.45, 7) is 0.388. The molecule has 1 amide bonds. The smallest absolute Gasteiger partial charge is 0.251 e. The molecule has 0 saturated carbocycles. The van der Waals surface area contributed by atoms with Gasteiger partial charge < -0.3 is 5.32 Å². The molecule has 0 unspecified atom stereocenters. The quantitative estimate of drug-likeness (QED) is 0.334. The van der Waals surface area contributed by atoms with Gasteiger partial charge in [0.1, 0.15) is 0 Å². The molecule has 7 nitrogen and oxygen atoms in total. The number of carbonyl (C=O) groups is 1. The first-order valence-electron chi connectivity index (χ1n) is 11.7. The second-order valence-corrected chi connectivity index (χ2v) is 10.1. The number of sulfonamides is 1. The molecular formula is C29H24N4O3S. The Morgan fingerprint density at radius 1 is 0.730 bits per heavy atom. The predicted octanol–water partition coefficient (Wildman–Crippen LogP) is 4.58. The Balaban J connectivity index is 1.38. The standard InChI is InChI=1S/C29H24N4O3S/c30-37(35,36)24-14-11-20(12-15-24)17-18-31-29(34)23-13-16-25-26(19-23)33-28(22-9-5-2-6-10-22)27(32-25)21-7-3-1-4-8-21/h1-16,19H,17-18H2,(H,31,34)(H2,30,35,36). The van der Waals surface area contributed by atoms with Gasteiger partial charge in [-0.15, -0.1) is 0 Å². The van der Waals surface area contributed by atoms with Crippen molar-refractivity contribution in [2.24, 2.45) is 5.14 Å². The molecule has 0 atom stereocenters. The summed E-state index contributed by atoms with van der Waals surface area (Å²) in [4.78, 5) is 22.7. The van der Waals surface area contributed by atoms with E-state index in [0.717, 1.165) is 28.1 Å². The molecule has 0 aliphatic carbocycles. The number of nitrogens with one attached hydrogen (secondary N) is 1. The molecule has 4 aromatic carbocycles. The van der Waals surface area contributed by atoms with Gasteiger partial charge >= 0.3 is 0 Å². The van der Waals surface area contributed by atoms with Crippen molar-refractivity contribution in [3.63, 3.8) is 0 Å². The maximum Gasteiger partial charge on any atom is 0.251 e. The highest BCUT2D eigenvalue weighted by Crippen LogP contribution is 2.31. The summed E-state index contributed by atoms with van der Waals surface area (Å²) in [6, 6.07) is 31.4. The van der Waals surface area contributed by atoms with Crippen LogP contribution in [0, 0.1) is 0 Å². The summed E-state index contributed by atoms with van der Waals surface area (Å²) in [7, 11) is -3.73. The lowest BCUT2D eigenvalue weighted by Gasteiger charge is -2.11. The predicted molar refractivity (Wildman–Crippen MR) is 144 cm³/mol. The first kappa shape index (κ1) is 24.3. The second kappa shape index (κ2) is 10.3. The van der Waals surface area contributed by atoms with Crippen LogP contribution in [0.2, 0.25) is 0 Å². The zero-order valence-corrected chi connectivity index (χ0v) is 20.7. The number of hydrogen-bond acceptors (Lipinski definition) is 5. The highest BCUT2D eigenvalue weighted by Gasteiger charge is 2.15. The summed E-state index contributed by atoms with van der Waals surface area (Å²) >= 11 is 0. The minimum absolute atomic E-state index is 0.0582. The normalized spacial score (nSPS) is 11.4. The number of fused-ring (bicyclic) bond motifs is 1. The van der Waals surface area contributed by atoms with Crippen molar-refractivity contribution in [2.75, 3.05) is 6.54 Å². The lowest BCUT2D eigenvalue weighted by Crippen LogP contribution is -2.25. The van der Waals surface area contributed by atoms with Gasteiger partial charge in [-0.2, -0.15) is 0 Å². The van der Waals surface area contributed by atoms with Gasteiger partial charge in [0, 0.05) is 23.2 Å². The summed E-state index contributed by atoms with van der Waals surface area (Å²) in [5.74, 6) is -0.224. The van der Waals surface area contributed by atoms with E-state index in [-0.39, 0.29) is 10.8 Å². The zero-order chi connectivity index (χ0) is 25.8. The topological polar surface area (TPSA) is 115 Å². The molecule has 0 spiro atoms. The van der Waals surface area contributed by atoms with Crippen molar-refractivity contribution in [1.82, 2.24) is 15.3 Å². The van der Waals surface area contributed by atoms with Gasteiger partial charge in [-0.1, -0.05) is 72.8 Å². The zero-order valence-electron chi connectivity index (χ0n) is 19.8. The van der Waals surface area contributed by atoms with Crippen LogP contribution < -0.4 is 10.5 Å². The number of carbonyl (C=O) groups excluding carboxylic acids is 1. The van der Waals surface area contributed by atoms with Crippen molar-refractivity contribution in [2.45, 2.75) is 11.3 Å². The molecule has 0 aliphatic heterocycles. The highest BCUT2D eigenvalue weighted by molar-refractivity contribution is 7.89. The summed E-state index contributed by atoms with van der Waals surface area (Å²) < 4.78 is 22.8. The van der Waals surface area contributed by atoms with Gasteiger partial charge in [0.25, 0.3) is 5.91 Å². The lowest BCUT2D eigenvalue weighted by atomic mass is 10.0. The molecule has 184 valence electrons. The first-order chi connectivity index (χ1) is 17.9. The third-order valence-electron chi connectivity index (χ3n) is 5.97. The largest absolute Gasteiger partial charge is 0.352 e. The fraction of sp³-hybridized carbons (Fsp3) is 0.0690. The number of amides is 1. The Labute approximate surface area is 215 Å². The minimum atomic E-state index is -3.73. The summed E-state index contributed by atoms with van der Waals surface area (Å²) in [6.07, 6.45) is 0.544. The molecule has 0 saturated heterocycles. The molecule has 5 rings (SSSR count). The van der Waals surface area contributed by atoms with Gasteiger partial charge in [-0.3, -0.25) is 4.79 Å². The van der Waals surface area contributed by atoms with E-state index in [1.807, 2.05) is 66.7 Å². The van der Waals surface area contributed by atoms with Crippen molar-refractivity contribution >= 4 is 27.0 Å². The number of nitrogens with zero attached hydrogens (tertiary/aromatic N) is 2. The number of nitrogens with two attached hydrogens (primary N) is 1. The van der Waals surface area contributed by atoms with Crippen molar-refractivity contribution in [3.05, 3.63) is 114 Å². The number of primary sulfonamides is 1. The van der Waals surface area contributed by atoms with Crippen LogP contribution in [0.3, 0.4) is 0 Å². The van der Waals surface area contributed by atoms with Crippen LogP contribution in [-0.4, -0.2) is 30.8 Å². The van der Waals surface area contributed by atoms with E-state index >= 15 is 0 Å². The van der Waals surface area contributed by atoms with Gasteiger partial charge in [-0.25, -0.2) is 23.5 Å². The number of hydrogen-bond donors (Lipinski definition) is 2. The summed E-state index contributed by atoms with van der Waals surface area (Å²) in [5, 5.41) is 8.05. The highest BCUT2D eigenvalue weighted by atomic mass is 32.2. The van der Waals surface area contributed by atoms with Gasteiger partial charge in [0.15, 0.2) is 0 Å². The molecule has 3 N–H and O–H groups in total. The number of rotatable bonds is 7. The third-order valence-corrected chi connectivity index (χ3v) is 6.90. The van der Waals surface area contributed by atoms with E-state index in [9.17, 15) is 13.2 Å². The molecular weight excluding hydrogens is 484 g/mol. The molecule has 1 heterocycles. The Morgan fingerprint density at radius 3 is 1.86 bits per heavy atom. The van der Waals surface area contributed by atoms with Crippen LogP contribution in [0.25, 0.3) is 33.5 Å². The van der Waals surface area contributed by atoms with Crippen LogP contribution in [-0.2, 0) is 16.4 Å². The molecule has 5 aromatic rings. The van der Waals surface area contributed by atoms with Crippen LogP contribution in [0.1, 0.15) is 15.9 Å². The van der Waals surface area contributed by atoms with Crippen LogP contribution >= 0.6 is 0 Å². The van der Waals surface area contributed by atoms with E-state index < -0.39 is 10.0 Å². The Kier molecular flexibility index (Phi) is 6.76. The van der Waals surface area contributed by atoms with E-state index in [2.05, 4.69) is 5.32 Å². The molecule has 0 aliphatic rings. The maximum absolute atomic E-state index is 12.9. The van der Waals surface area contributed by atoms with E-state index in [4.69, 9.17) is 15.1 Å². The van der Waals surface area contributed by atoms with Gasteiger partial charge in [-0.05, 0) is 42.3 Å². The molecule has 37 heavy (non-hydrogen) atoms. The SMILES string of the molecule is NS(=O)(=O)c1ccc(CCNC(=O)c2ccc3nc(-c4ccccc4)c(-c4ccccc4)nc3c2)cc1. The molecule has 0 radical (unpaired) electrons. The van der Waals surface area contributed by atoms with E-state index in [1.54, 1.807) is 24.3 Å². The number of benzene rings is 4. The van der Waals surface area contributed by atoms with Gasteiger partial charge in [0.05, 0.1) is 27.3 Å². The second-order valence-electron chi connectivity index (χ2n) is 8.55. The monoisotopic (exact) mass is 508 g/mol. The van der Waals surface area contributed by atoms with Crippen LogP contribution in [0.5, 0.6) is 0 Å². The van der Waals surface area contributed by atoms with Crippen molar-refractivity contribution in [1.29, 1.82) is 0 Å². The van der Waals surface area contributed by atoms with Crippen molar-refractivity contribution < 1.29 is 13.2 Å². The Morgan fingerprint density at radius 2 is 1.30 bits per heavy atom. The number of aromatic nitrogens is 2. The Hall–Kier alpha value is -4.40. The third kappa shape index (κ3) is 5.55. The molecule has 0 bridgehead atoms. The first-order valence-corrected chi connectivity index (χ1v) is 13.3. The van der Waals surface area contributed by atoms with Crippen LogP contribution in [0.4, 0.5) is 0 Å². The van der Waals surface area contributed by atoms with Gasteiger partial charge in [0.2, 0.25) is 10.0 Å². The maximum atomic E-state index is 12.9. The molecule has 0 fully saturated rings. The molecule has 8 heteroatoms. The Bertz CT molecular complexity index is 1670. The lowest BCUT2D eigenvalue weighted by molar-refractivity contribution is 0.0954. The van der Waals surface area contributed by atoms with E-state index in [1.165, 1.54) is 12.1 Å². The minimum Gasteiger partial charge on any atom is -0.352 e. The van der Waals surface area contributed by atoms with Crippen LogP contribution in [0.15, 0.2) is 108 Å².